The number of hydrogen-bond acceptors (Lipinski definition) is 6. The van der Waals surface area contributed by atoms with Crippen LogP contribution in [0.4, 0.5) is 24.7 Å². The van der Waals surface area contributed by atoms with Crippen LogP contribution in [0.3, 0.4) is 0 Å². The molecule has 2 aromatic carbocycles. The second-order valence-corrected chi connectivity index (χ2v) is 6.66. The van der Waals surface area contributed by atoms with Gasteiger partial charge in [0.25, 0.3) is 0 Å². The zero-order valence-electron chi connectivity index (χ0n) is 17.3. The van der Waals surface area contributed by atoms with Crippen molar-refractivity contribution >= 4 is 42.3 Å². The predicted molar refractivity (Wildman–Crippen MR) is 124 cm³/mol. The number of alkyl halides is 3. The van der Waals surface area contributed by atoms with E-state index in [2.05, 4.69) is 15.0 Å². The van der Waals surface area contributed by atoms with Gasteiger partial charge in [-0.05, 0) is 60.5 Å². The van der Waals surface area contributed by atoms with Crippen molar-refractivity contribution in [3.05, 3.63) is 78.0 Å². The molecule has 0 saturated carbocycles. The van der Waals surface area contributed by atoms with Gasteiger partial charge in [0.15, 0.2) is 0 Å². The third-order valence-corrected chi connectivity index (χ3v) is 4.34. The largest absolute Gasteiger partial charge is 0.468 e. The molecule has 0 saturated heterocycles. The number of benzene rings is 2. The summed E-state index contributed by atoms with van der Waals surface area (Å²) in [5, 5.41) is 2.93. The van der Waals surface area contributed by atoms with E-state index in [-0.39, 0.29) is 24.8 Å². The molecular formula is C22H22Cl2F3N3O3. The second-order valence-electron chi connectivity index (χ2n) is 6.66. The maximum atomic E-state index is 12.6. The summed E-state index contributed by atoms with van der Waals surface area (Å²) >= 11 is 0. The molecule has 3 aromatic rings. The van der Waals surface area contributed by atoms with E-state index in [4.69, 9.17) is 10.5 Å². The molecule has 1 heterocycles. The Morgan fingerprint density at radius 3 is 2.06 bits per heavy atom. The number of carbonyl (C=O) groups is 1. The lowest BCUT2D eigenvalue weighted by atomic mass is 10.1. The summed E-state index contributed by atoms with van der Waals surface area (Å²) in [7, 11) is 1.29. The zero-order valence-corrected chi connectivity index (χ0v) is 19.0. The van der Waals surface area contributed by atoms with Gasteiger partial charge in [-0.3, -0.25) is 4.79 Å². The van der Waals surface area contributed by atoms with Gasteiger partial charge in [-0.2, -0.15) is 13.2 Å². The molecule has 0 bridgehead atoms. The van der Waals surface area contributed by atoms with E-state index in [1.807, 2.05) is 12.1 Å². The number of nitrogens with one attached hydrogen (secondary N) is 1. The lowest BCUT2D eigenvalue weighted by molar-refractivity contribution is -0.142. The molecule has 0 aliphatic carbocycles. The summed E-state index contributed by atoms with van der Waals surface area (Å²) in [6, 6.07) is 15.5. The molecule has 0 fully saturated rings. The molecular weight excluding hydrogens is 482 g/mol. The Morgan fingerprint density at radius 2 is 1.58 bits per heavy atom. The molecule has 33 heavy (non-hydrogen) atoms. The molecule has 0 aliphatic heterocycles. The monoisotopic (exact) mass is 503 g/mol. The maximum absolute atomic E-state index is 12.6. The normalized spacial score (nSPS) is 11.4. The summed E-state index contributed by atoms with van der Waals surface area (Å²) in [6.45, 7) is 0. The van der Waals surface area contributed by atoms with Gasteiger partial charge < -0.3 is 20.5 Å². The van der Waals surface area contributed by atoms with Gasteiger partial charge in [0.1, 0.15) is 23.4 Å². The Bertz CT molecular complexity index is 1020. The fourth-order valence-electron chi connectivity index (χ4n) is 2.71. The molecule has 0 radical (unpaired) electrons. The number of ether oxygens (including phenoxy) is 2. The number of methoxy groups -OCH3 is 1. The number of nitrogens with zero attached hydrogens (tertiary/aromatic N) is 1. The molecule has 0 amide bonds. The molecule has 1 aromatic heterocycles. The highest BCUT2D eigenvalue weighted by molar-refractivity contribution is 5.85. The molecule has 0 unspecified atom stereocenters. The lowest BCUT2D eigenvalue weighted by Crippen LogP contribution is -2.33. The van der Waals surface area contributed by atoms with Crippen molar-refractivity contribution in [2.75, 3.05) is 12.4 Å². The van der Waals surface area contributed by atoms with Crippen LogP contribution in [0.2, 0.25) is 0 Å². The number of hydrogen-bond donors (Lipinski definition) is 2. The van der Waals surface area contributed by atoms with Crippen LogP contribution in [0, 0.1) is 0 Å². The van der Waals surface area contributed by atoms with Crippen molar-refractivity contribution in [3.8, 4) is 11.5 Å². The average molecular weight is 504 g/mol. The van der Waals surface area contributed by atoms with Gasteiger partial charge in [-0.1, -0.05) is 12.1 Å². The lowest BCUT2D eigenvalue weighted by Gasteiger charge is -2.11. The maximum Gasteiger partial charge on any atom is 0.417 e. The van der Waals surface area contributed by atoms with Gasteiger partial charge in [-0.15, -0.1) is 24.8 Å². The van der Waals surface area contributed by atoms with Gasteiger partial charge >= 0.3 is 12.1 Å². The first-order valence-corrected chi connectivity index (χ1v) is 9.25. The van der Waals surface area contributed by atoms with E-state index in [1.54, 1.807) is 36.4 Å². The van der Waals surface area contributed by atoms with E-state index in [0.717, 1.165) is 17.8 Å². The molecule has 0 spiro atoms. The van der Waals surface area contributed by atoms with E-state index in [1.165, 1.54) is 13.2 Å². The Hall–Kier alpha value is -3.01. The summed E-state index contributed by atoms with van der Waals surface area (Å²) < 4.78 is 48.2. The quantitative estimate of drug-likeness (QED) is 0.412. The van der Waals surface area contributed by atoms with E-state index >= 15 is 0 Å². The topological polar surface area (TPSA) is 86.5 Å². The van der Waals surface area contributed by atoms with Crippen molar-refractivity contribution in [1.29, 1.82) is 0 Å². The highest BCUT2D eigenvalue weighted by Crippen LogP contribution is 2.29. The Balaban J connectivity index is 0.00000272. The molecule has 6 nitrogen and oxygen atoms in total. The smallest absolute Gasteiger partial charge is 0.417 e. The summed E-state index contributed by atoms with van der Waals surface area (Å²) in [4.78, 5) is 15.2. The van der Waals surface area contributed by atoms with Crippen molar-refractivity contribution in [3.63, 3.8) is 0 Å². The highest BCUT2D eigenvalue weighted by atomic mass is 35.5. The van der Waals surface area contributed by atoms with E-state index in [0.29, 0.717) is 29.4 Å². The fourth-order valence-corrected chi connectivity index (χ4v) is 2.71. The molecule has 3 N–H and O–H groups in total. The zero-order chi connectivity index (χ0) is 22.4. The molecule has 178 valence electrons. The highest BCUT2D eigenvalue weighted by Gasteiger charge is 2.30. The molecule has 11 heteroatoms. The minimum Gasteiger partial charge on any atom is -0.468 e. The first-order chi connectivity index (χ1) is 14.7. The number of anilines is 2. The summed E-state index contributed by atoms with van der Waals surface area (Å²) in [5.74, 6) is 0.994. The molecule has 3 rings (SSSR count). The number of rotatable bonds is 7. The van der Waals surface area contributed by atoms with Crippen LogP contribution in [0.5, 0.6) is 11.5 Å². The number of carbonyl (C=O) groups excluding carboxylic acids is 1. The third-order valence-electron chi connectivity index (χ3n) is 4.34. The van der Waals surface area contributed by atoms with Crippen LogP contribution in [0.15, 0.2) is 66.9 Å². The van der Waals surface area contributed by atoms with Crippen molar-refractivity contribution in [2.24, 2.45) is 5.73 Å². The van der Waals surface area contributed by atoms with Crippen LogP contribution >= 0.6 is 24.8 Å². The second kappa shape index (κ2) is 12.3. The minimum atomic E-state index is -4.42. The number of pyridine rings is 1. The van der Waals surface area contributed by atoms with Gasteiger partial charge in [-0.25, -0.2) is 4.98 Å². The van der Waals surface area contributed by atoms with Crippen LogP contribution in [-0.4, -0.2) is 24.1 Å². The Kier molecular flexibility index (Phi) is 10.4. The van der Waals surface area contributed by atoms with Gasteiger partial charge in [0, 0.05) is 11.9 Å². The first kappa shape index (κ1) is 28.0. The minimum absolute atomic E-state index is 0. The number of halogens is 5. The van der Waals surface area contributed by atoms with E-state index < -0.39 is 23.8 Å². The molecule has 1 atom stereocenters. The van der Waals surface area contributed by atoms with Crippen molar-refractivity contribution in [1.82, 2.24) is 4.98 Å². The standard InChI is InChI=1S/C22H20F3N3O3.2ClH/c1-30-21(29)19(26)12-14-2-7-17(8-3-14)31-18-9-5-16(6-10-18)28-20-11-4-15(13-27-20)22(23,24)25;;/h2-11,13,19H,12,26H2,1H3,(H,27,28);2*1H/t19-;;/m0../s1. The Morgan fingerprint density at radius 1 is 1.00 bits per heavy atom. The summed E-state index contributed by atoms with van der Waals surface area (Å²) in [5.41, 5.74) is 6.46. The Labute approximate surface area is 201 Å². The summed E-state index contributed by atoms with van der Waals surface area (Å²) in [6.07, 6.45) is -3.29. The predicted octanol–water partition coefficient (Wildman–Crippen LogP) is 5.52. The van der Waals surface area contributed by atoms with Crippen molar-refractivity contribution < 1.29 is 27.4 Å². The molecule has 0 aliphatic rings. The van der Waals surface area contributed by atoms with Gasteiger partial charge in [0.2, 0.25) is 0 Å². The SMILES string of the molecule is COC(=O)[C@@H](N)Cc1ccc(Oc2ccc(Nc3ccc(C(F)(F)F)cn3)cc2)cc1.Cl.Cl. The van der Waals surface area contributed by atoms with Crippen LogP contribution in [0.25, 0.3) is 0 Å². The number of esters is 1. The van der Waals surface area contributed by atoms with E-state index in [9.17, 15) is 18.0 Å². The first-order valence-electron chi connectivity index (χ1n) is 9.25. The fraction of sp³-hybridized carbons (Fsp3) is 0.182. The average Bonchev–Trinajstić information content (AvgIpc) is 2.75. The third kappa shape index (κ3) is 8.12. The van der Waals surface area contributed by atoms with Gasteiger partial charge in [0.05, 0.1) is 12.7 Å². The number of aromatic nitrogens is 1. The van der Waals surface area contributed by atoms with Crippen LogP contribution in [-0.2, 0) is 22.1 Å². The number of nitrogens with two attached hydrogens (primary N) is 1. The van der Waals surface area contributed by atoms with Crippen LogP contribution < -0.4 is 15.8 Å². The van der Waals surface area contributed by atoms with Crippen molar-refractivity contribution in [2.45, 2.75) is 18.6 Å². The van der Waals surface area contributed by atoms with Crippen LogP contribution in [0.1, 0.15) is 11.1 Å².